The third-order valence-corrected chi connectivity index (χ3v) is 4.29. The van der Waals surface area contributed by atoms with E-state index in [9.17, 15) is 9.59 Å². The first kappa shape index (κ1) is 14.7. The van der Waals surface area contributed by atoms with Crippen molar-refractivity contribution in [1.29, 1.82) is 0 Å². The minimum absolute atomic E-state index is 0.214. The number of hydrogen-bond donors (Lipinski definition) is 1. The average molecular weight is 317 g/mol. The lowest BCUT2D eigenvalue weighted by Gasteiger charge is -2.08. The molecule has 1 unspecified atom stereocenters. The van der Waals surface area contributed by atoms with Crippen LogP contribution in [0.15, 0.2) is 47.1 Å². The summed E-state index contributed by atoms with van der Waals surface area (Å²) in [6.07, 6.45) is 2.90. The molecule has 1 N–H and O–H groups in total. The predicted octanol–water partition coefficient (Wildman–Crippen LogP) is 2.80. The molecule has 1 aliphatic heterocycles. The summed E-state index contributed by atoms with van der Waals surface area (Å²) in [4.78, 5) is 22.7. The smallest absolute Gasteiger partial charge is 0.286 e. The highest BCUT2D eigenvalue weighted by Crippen LogP contribution is 2.23. The van der Waals surface area contributed by atoms with E-state index in [0.717, 1.165) is 35.3 Å². The van der Waals surface area contributed by atoms with Gasteiger partial charge in [-0.05, 0) is 36.2 Å². The van der Waals surface area contributed by atoms with Crippen LogP contribution >= 0.6 is 11.8 Å². The normalized spacial score (nSPS) is 17.5. The van der Waals surface area contributed by atoms with Gasteiger partial charge in [0.2, 0.25) is 5.91 Å². The number of amides is 2. The maximum atomic E-state index is 11.5. The molecule has 1 aromatic heterocycles. The van der Waals surface area contributed by atoms with E-state index in [-0.39, 0.29) is 16.4 Å². The largest absolute Gasteiger partial charge is 0.493 e. The van der Waals surface area contributed by atoms with Gasteiger partial charge in [0, 0.05) is 6.42 Å². The van der Waals surface area contributed by atoms with E-state index in [1.165, 1.54) is 0 Å². The molecule has 22 heavy (non-hydrogen) atoms. The van der Waals surface area contributed by atoms with Crippen LogP contribution in [0.3, 0.4) is 0 Å². The predicted molar refractivity (Wildman–Crippen MR) is 83.0 cm³/mol. The zero-order valence-corrected chi connectivity index (χ0v) is 12.6. The van der Waals surface area contributed by atoms with Gasteiger partial charge in [-0.2, -0.15) is 0 Å². The van der Waals surface area contributed by atoms with Crippen LogP contribution in [0.4, 0.5) is 4.79 Å². The zero-order valence-electron chi connectivity index (χ0n) is 11.8. The van der Waals surface area contributed by atoms with Gasteiger partial charge in [0.05, 0.1) is 18.1 Å². The first-order valence-corrected chi connectivity index (χ1v) is 7.84. The Morgan fingerprint density at radius 2 is 2.00 bits per heavy atom. The molecule has 6 heteroatoms. The van der Waals surface area contributed by atoms with Gasteiger partial charge in [0.15, 0.2) is 0 Å². The number of furan rings is 1. The summed E-state index contributed by atoms with van der Waals surface area (Å²) in [7, 11) is 0. The van der Waals surface area contributed by atoms with Crippen molar-refractivity contribution in [3.05, 3.63) is 54.0 Å². The molecule has 2 amide bonds. The van der Waals surface area contributed by atoms with Crippen molar-refractivity contribution in [2.45, 2.75) is 18.1 Å². The fourth-order valence-electron chi connectivity index (χ4n) is 2.19. The van der Waals surface area contributed by atoms with Crippen molar-refractivity contribution in [2.24, 2.45) is 0 Å². The summed E-state index contributed by atoms with van der Waals surface area (Å²) < 4.78 is 10.9. The Bertz CT molecular complexity index is 651. The van der Waals surface area contributed by atoms with Crippen LogP contribution in [0, 0.1) is 0 Å². The van der Waals surface area contributed by atoms with Crippen molar-refractivity contribution >= 4 is 22.9 Å². The van der Waals surface area contributed by atoms with Crippen molar-refractivity contribution < 1.29 is 18.7 Å². The van der Waals surface area contributed by atoms with Gasteiger partial charge in [0.25, 0.3) is 5.24 Å². The van der Waals surface area contributed by atoms with Crippen molar-refractivity contribution in [3.8, 4) is 5.75 Å². The van der Waals surface area contributed by atoms with Crippen molar-refractivity contribution in [2.75, 3.05) is 6.61 Å². The highest BCUT2D eigenvalue weighted by molar-refractivity contribution is 8.15. The third-order valence-electron chi connectivity index (χ3n) is 3.31. The van der Waals surface area contributed by atoms with Gasteiger partial charge in [-0.1, -0.05) is 23.9 Å². The Morgan fingerprint density at radius 3 is 2.64 bits per heavy atom. The molecular weight excluding hydrogens is 302 g/mol. The number of rotatable bonds is 6. The first-order chi connectivity index (χ1) is 10.7. The molecule has 1 aromatic carbocycles. The second-order valence-corrected chi connectivity index (χ2v) is 6.08. The number of ether oxygens (including phenoxy) is 1. The number of imide groups is 1. The van der Waals surface area contributed by atoms with Crippen LogP contribution in [0.1, 0.15) is 11.3 Å². The minimum Gasteiger partial charge on any atom is -0.493 e. The van der Waals surface area contributed by atoms with Gasteiger partial charge >= 0.3 is 0 Å². The molecule has 3 rings (SSSR count). The third kappa shape index (κ3) is 3.71. The van der Waals surface area contributed by atoms with Gasteiger partial charge < -0.3 is 9.15 Å². The van der Waals surface area contributed by atoms with Gasteiger partial charge in [-0.25, -0.2) is 0 Å². The van der Waals surface area contributed by atoms with Crippen LogP contribution in [0.5, 0.6) is 5.75 Å². The topological polar surface area (TPSA) is 68.5 Å². The Morgan fingerprint density at radius 1 is 1.18 bits per heavy atom. The van der Waals surface area contributed by atoms with E-state index in [1.807, 2.05) is 36.4 Å². The van der Waals surface area contributed by atoms with E-state index in [1.54, 1.807) is 6.26 Å². The second-order valence-electron chi connectivity index (χ2n) is 4.91. The summed E-state index contributed by atoms with van der Waals surface area (Å²) in [6, 6.07) is 11.3. The molecule has 1 saturated heterocycles. The maximum absolute atomic E-state index is 11.5. The fraction of sp³-hybridized carbons (Fsp3) is 0.250. The average Bonchev–Trinajstić information content (AvgIpc) is 3.11. The van der Waals surface area contributed by atoms with E-state index in [0.29, 0.717) is 13.0 Å². The quantitative estimate of drug-likeness (QED) is 0.887. The van der Waals surface area contributed by atoms with Crippen LogP contribution in [0.25, 0.3) is 0 Å². The number of thioether (sulfide) groups is 1. The summed E-state index contributed by atoms with van der Waals surface area (Å²) in [6.45, 7) is 0.544. The molecule has 0 spiro atoms. The zero-order chi connectivity index (χ0) is 15.4. The summed E-state index contributed by atoms with van der Waals surface area (Å²) in [5.74, 6) is 1.45. The van der Waals surface area contributed by atoms with Gasteiger partial charge in [-0.15, -0.1) is 0 Å². The number of carbonyl (C=O) groups is 2. The summed E-state index contributed by atoms with van der Waals surface area (Å²) in [5, 5.41) is 1.69. The molecule has 0 aliphatic carbocycles. The lowest BCUT2D eigenvalue weighted by atomic mass is 10.1. The Balaban J connectivity index is 1.49. The molecule has 0 saturated carbocycles. The summed E-state index contributed by atoms with van der Waals surface area (Å²) >= 11 is 1.04. The monoisotopic (exact) mass is 317 g/mol. The van der Waals surface area contributed by atoms with Crippen LogP contribution in [-0.4, -0.2) is 23.0 Å². The standard InChI is InChI=1S/C16H15NO4S/c18-15-14(22-16(19)17-15)10-11-3-5-13(6-4-11)21-9-7-12-2-1-8-20-12/h1-6,8,14H,7,9-10H2,(H,17,18,19). The van der Waals surface area contributed by atoms with Crippen molar-refractivity contribution in [3.63, 3.8) is 0 Å². The molecule has 114 valence electrons. The Hall–Kier alpha value is -2.21. The van der Waals surface area contributed by atoms with E-state index >= 15 is 0 Å². The molecule has 0 bridgehead atoms. The fourth-order valence-corrected chi connectivity index (χ4v) is 3.05. The van der Waals surface area contributed by atoms with Gasteiger partial charge in [0.1, 0.15) is 11.5 Å². The molecule has 0 radical (unpaired) electrons. The number of carbonyl (C=O) groups excluding carboxylic acids is 2. The molecule has 1 atom stereocenters. The molecule has 2 aromatic rings. The SMILES string of the molecule is O=C1NC(=O)C(Cc2ccc(OCCc3ccco3)cc2)S1. The highest BCUT2D eigenvalue weighted by atomic mass is 32.2. The molecule has 2 heterocycles. The number of benzene rings is 1. The number of hydrogen-bond acceptors (Lipinski definition) is 5. The van der Waals surface area contributed by atoms with Gasteiger partial charge in [-0.3, -0.25) is 14.9 Å². The van der Waals surface area contributed by atoms with Crippen LogP contribution in [0.2, 0.25) is 0 Å². The maximum Gasteiger partial charge on any atom is 0.286 e. The lowest BCUT2D eigenvalue weighted by Crippen LogP contribution is -2.25. The molecule has 1 aliphatic rings. The first-order valence-electron chi connectivity index (χ1n) is 6.96. The second kappa shape index (κ2) is 6.70. The highest BCUT2D eigenvalue weighted by Gasteiger charge is 2.31. The lowest BCUT2D eigenvalue weighted by molar-refractivity contribution is -0.118. The molecule has 5 nitrogen and oxygen atoms in total. The van der Waals surface area contributed by atoms with Crippen molar-refractivity contribution in [1.82, 2.24) is 5.32 Å². The molecular formula is C16H15NO4S. The van der Waals surface area contributed by atoms with Crippen LogP contribution < -0.4 is 10.1 Å². The Labute approximate surface area is 132 Å². The number of nitrogens with one attached hydrogen (secondary N) is 1. The van der Waals surface area contributed by atoms with E-state index in [4.69, 9.17) is 9.15 Å². The summed E-state index contributed by atoms with van der Waals surface area (Å²) in [5.41, 5.74) is 1.00. The van der Waals surface area contributed by atoms with Crippen LogP contribution in [-0.2, 0) is 17.6 Å². The van der Waals surface area contributed by atoms with E-state index < -0.39 is 0 Å². The Kier molecular flexibility index (Phi) is 4.48. The minimum atomic E-state index is -0.335. The molecule has 1 fully saturated rings. The van der Waals surface area contributed by atoms with E-state index in [2.05, 4.69) is 5.32 Å².